The number of nitrogens with one attached hydrogen (secondary N) is 2. The molecule has 0 unspecified atom stereocenters. The molecule has 45 heavy (non-hydrogen) atoms. The number of hydrogen-bond acceptors (Lipinski definition) is 8. The number of primary amides is 1. The monoisotopic (exact) mass is 624 g/mol. The highest BCUT2D eigenvalue weighted by Gasteiger charge is 2.42. The maximum absolute atomic E-state index is 14.2. The SMILES string of the molecule is C[C@H](NC(=O)CCC(=O)O)C(=O)N[C@@H](C)C(=O)N1CCC[C@H]1C(=O)N(c1ccc([N+](=O)[O-])cc1)[C@@H](Cc1ccccc1)C(N)=O. The van der Waals surface area contributed by atoms with E-state index >= 15 is 0 Å². The number of anilines is 1. The molecule has 0 aliphatic carbocycles. The Morgan fingerprint density at radius 1 is 1.00 bits per heavy atom. The fourth-order valence-corrected chi connectivity index (χ4v) is 5.05. The normalized spacial score (nSPS) is 16.1. The molecule has 0 radical (unpaired) electrons. The maximum atomic E-state index is 14.2. The number of carbonyl (C=O) groups excluding carboxylic acids is 5. The molecule has 1 aliphatic heterocycles. The van der Waals surface area contributed by atoms with Crippen molar-refractivity contribution in [2.24, 2.45) is 5.73 Å². The van der Waals surface area contributed by atoms with Crippen LogP contribution in [0.3, 0.4) is 0 Å². The van der Waals surface area contributed by atoms with Crippen molar-refractivity contribution in [3.8, 4) is 0 Å². The molecule has 2 aromatic rings. The number of carboxylic acid groups (broad SMARTS) is 1. The molecule has 4 atom stereocenters. The molecule has 1 saturated heterocycles. The molecule has 0 bridgehead atoms. The summed E-state index contributed by atoms with van der Waals surface area (Å²) in [6.45, 7) is 2.99. The van der Waals surface area contributed by atoms with Gasteiger partial charge in [-0.3, -0.25) is 43.8 Å². The highest BCUT2D eigenvalue weighted by molar-refractivity contribution is 6.05. The van der Waals surface area contributed by atoms with Gasteiger partial charge in [0.15, 0.2) is 0 Å². The van der Waals surface area contributed by atoms with Crippen LogP contribution in [-0.4, -0.2) is 81.1 Å². The second kappa shape index (κ2) is 15.4. The summed E-state index contributed by atoms with van der Waals surface area (Å²) in [5, 5.41) is 24.9. The van der Waals surface area contributed by atoms with Gasteiger partial charge in [-0.1, -0.05) is 30.3 Å². The summed E-state index contributed by atoms with van der Waals surface area (Å²) >= 11 is 0. The molecule has 240 valence electrons. The Balaban J connectivity index is 1.83. The van der Waals surface area contributed by atoms with Crippen molar-refractivity contribution in [2.45, 2.75) is 70.1 Å². The predicted octanol–water partition coefficient (Wildman–Crippen LogP) is 0.890. The van der Waals surface area contributed by atoms with Crippen LogP contribution in [0, 0.1) is 10.1 Å². The largest absolute Gasteiger partial charge is 0.481 e. The van der Waals surface area contributed by atoms with E-state index in [9.17, 15) is 38.9 Å². The first-order valence-corrected chi connectivity index (χ1v) is 14.3. The minimum Gasteiger partial charge on any atom is -0.481 e. The zero-order valence-electron chi connectivity index (χ0n) is 24.9. The topological polar surface area (TPSA) is 222 Å². The molecule has 1 fully saturated rings. The van der Waals surface area contributed by atoms with Crippen LogP contribution < -0.4 is 21.3 Å². The summed E-state index contributed by atoms with van der Waals surface area (Å²) in [6, 6.07) is 9.54. The first kappa shape index (κ1) is 34.2. The number of carboxylic acids is 1. The number of benzene rings is 2. The van der Waals surface area contributed by atoms with E-state index < -0.39 is 71.0 Å². The molecule has 1 heterocycles. The van der Waals surface area contributed by atoms with E-state index in [4.69, 9.17) is 10.8 Å². The molecule has 15 heteroatoms. The van der Waals surface area contributed by atoms with E-state index in [0.717, 1.165) is 0 Å². The van der Waals surface area contributed by atoms with Gasteiger partial charge in [-0.05, 0) is 44.4 Å². The van der Waals surface area contributed by atoms with Gasteiger partial charge in [0, 0.05) is 37.2 Å². The summed E-state index contributed by atoms with van der Waals surface area (Å²) in [6.07, 6.45) is 0.0235. The van der Waals surface area contributed by atoms with Crippen molar-refractivity contribution < 1.29 is 38.8 Å². The Morgan fingerprint density at radius 3 is 2.22 bits per heavy atom. The summed E-state index contributed by atoms with van der Waals surface area (Å²) in [5.41, 5.74) is 6.47. The molecule has 15 nitrogen and oxygen atoms in total. The molecule has 0 aromatic heterocycles. The Hall–Kier alpha value is -5.34. The third-order valence-electron chi connectivity index (χ3n) is 7.37. The zero-order chi connectivity index (χ0) is 33.3. The standard InChI is InChI=1S/C30H36N6O9/c1-18(32-25(37)14-15-26(38)39)28(41)33-19(2)29(42)34-16-6-9-23(34)30(43)35(21-10-12-22(13-11-21)36(44)45)24(27(31)40)17-20-7-4-3-5-8-20/h3-5,7-8,10-13,18-19,23-24H,6,9,14-17H2,1-2H3,(H2,31,40)(H,32,37)(H,33,41)(H,38,39)/t18-,19-,23-,24-/m0/s1. The number of amides is 5. The highest BCUT2D eigenvalue weighted by Crippen LogP contribution is 2.28. The lowest BCUT2D eigenvalue weighted by Gasteiger charge is -2.35. The van der Waals surface area contributed by atoms with E-state index in [1.165, 1.54) is 47.9 Å². The smallest absolute Gasteiger partial charge is 0.303 e. The van der Waals surface area contributed by atoms with Crippen LogP contribution in [0.25, 0.3) is 0 Å². The van der Waals surface area contributed by atoms with Gasteiger partial charge in [0.25, 0.3) is 11.6 Å². The minimum atomic E-state index is -1.19. The molecule has 5 amide bonds. The molecule has 5 N–H and O–H groups in total. The summed E-state index contributed by atoms with van der Waals surface area (Å²) in [4.78, 5) is 89.0. The Kier molecular flexibility index (Phi) is 11.7. The third-order valence-corrected chi connectivity index (χ3v) is 7.37. The second-order valence-electron chi connectivity index (χ2n) is 10.7. The summed E-state index contributed by atoms with van der Waals surface area (Å²) in [5.74, 6) is -4.51. The maximum Gasteiger partial charge on any atom is 0.303 e. The Labute approximate surface area is 258 Å². The number of likely N-dealkylation sites (tertiary alicyclic amines) is 1. The van der Waals surface area contributed by atoms with Crippen molar-refractivity contribution in [3.05, 3.63) is 70.3 Å². The van der Waals surface area contributed by atoms with Crippen LogP contribution in [0.2, 0.25) is 0 Å². The van der Waals surface area contributed by atoms with Gasteiger partial charge in [0.05, 0.1) is 11.3 Å². The van der Waals surface area contributed by atoms with Crippen molar-refractivity contribution in [1.82, 2.24) is 15.5 Å². The molecular weight excluding hydrogens is 588 g/mol. The van der Waals surface area contributed by atoms with Crippen molar-refractivity contribution in [1.29, 1.82) is 0 Å². The number of non-ortho nitro benzene ring substituents is 1. The predicted molar refractivity (Wildman–Crippen MR) is 161 cm³/mol. The van der Waals surface area contributed by atoms with Gasteiger partial charge < -0.3 is 26.4 Å². The van der Waals surface area contributed by atoms with Crippen LogP contribution >= 0.6 is 0 Å². The van der Waals surface area contributed by atoms with Gasteiger partial charge >= 0.3 is 5.97 Å². The van der Waals surface area contributed by atoms with Crippen LogP contribution in [0.4, 0.5) is 11.4 Å². The number of carbonyl (C=O) groups is 6. The van der Waals surface area contributed by atoms with E-state index in [1.54, 1.807) is 30.3 Å². The van der Waals surface area contributed by atoms with Gasteiger partial charge in [0.1, 0.15) is 24.2 Å². The van der Waals surface area contributed by atoms with Crippen LogP contribution in [0.5, 0.6) is 0 Å². The first-order valence-electron chi connectivity index (χ1n) is 14.3. The van der Waals surface area contributed by atoms with E-state index in [1.807, 2.05) is 0 Å². The van der Waals surface area contributed by atoms with Crippen molar-refractivity contribution in [2.75, 3.05) is 11.4 Å². The summed E-state index contributed by atoms with van der Waals surface area (Å²) in [7, 11) is 0. The molecule has 1 aliphatic rings. The lowest BCUT2D eigenvalue weighted by atomic mass is 10.0. The highest BCUT2D eigenvalue weighted by atomic mass is 16.6. The number of nitro groups is 1. The van der Waals surface area contributed by atoms with Crippen LogP contribution in [0.1, 0.15) is 45.1 Å². The summed E-state index contributed by atoms with van der Waals surface area (Å²) < 4.78 is 0. The van der Waals surface area contributed by atoms with Gasteiger partial charge in [-0.25, -0.2) is 0 Å². The molecule has 0 saturated carbocycles. The number of hydrogen-bond donors (Lipinski definition) is 4. The van der Waals surface area contributed by atoms with E-state index in [-0.39, 0.29) is 37.2 Å². The third kappa shape index (κ3) is 9.08. The number of nitrogens with zero attached hydrogens (tertiary/aromatic N) is 3. The van der Waals surface area contributed by atoms with Crippen molar-refractivity contribution in [3.63, 3.8) is 0 Å². The molecule has 0 spiro atoms. The number of rotatable bonds is 14. The zero-order valence-corrected chi connectivity index (χ0v) is 24.9. The number of nitrogens with two attached hydrogens (primary N) is 1. The average molecular weight is 625 g/mol. The van der Waals surface area contributed by atoms with Crippen LogP contribution in [0.15, 0.2) is 54.6 Å². The Bertz CT molecular complexity index is 1430. The first-order chi connectivity index (χ1) is 21.3. The molecular formula is C30H36N6O9. The van der Waals surface area contributed by atoms with Gasteiger partial charge in [0.2, 0.25) is 23.6 Å². The fraction of sp³-hybridized carbons (Fsp3) is 0.400. The second-order valence-corrected chi connectivity index (χ2v) is 10.7. The van der Waals surface area contributed by atoms with E-state index in [0.29, 0.717) is 12.0 Å². The minimum absolute atomic E-state index is 0.0438. The molecule has 3 rings (SSSR count). The lowest BCUT2D eigenvalue weighted by Crippen LogP contribution is -2.58. The van der Waals surface area contributed by atoms with Crippen molar-refractivity contribution >= 4 is 46.9 Å². The average Bonchev–Trinajstić information content (AvgIpc) is 3.50. The quantitative estimate of drug-likeness (QED) is 0.173. The lowest BCUT2D eigenvalue weighted by molar-refractivity contribution is -0.384. The van der Waals surface area contributed by atoms with Gasteiger partial charge in [-0.15, -0.1) is 0 Å². The Morgan fingerprint density at radius 2 is 1.64 bits per heavy atom. The van der Waals surface area contributed by atoms with E-state index in [2.05, 4.69) is 10.6 Å². The number of nitro benzene ring substituents is 1. The fourth-order valence-electron chi connectivity index (χ4n) is 5.05. The van der Waals surface area contributed by atoms with Crippen LogP contribution in [-0.2, 0) is 35.2 Å². The molecule has 2 aromatic carbocycles. The van der Waals surface area contributed by atoms with Gasteiger partial charge in [-0.2, -0.15) is 0 Å². The number of aliphatic carboxylic acids is 1.